The molecule has 0 spiro atoms. The first-order valence-corrected chi connectivity index (χ1v) is 6.61. The predicted molar refractivity (Wildman–Crippen MR) is 72.8 cm³/mol. The molecule has 2 rings (SSSR count). The quantitative estimate of drug-likeness (QED) is 0.494. The summed E-state index contributed by atoms with van der Waals surface area (Å²) in [7, 11) is 0. The number of para-hydroxylation sites is 1. The van der Waals surface area contributed by atoms with Crippen LogP contribution in [0, 0.1) is 10.1 Å². The first-order chi connectivity index (χ1) is 8.77. The Labute approximate surface area is 109 Å². The first kappa shape index (κ1) is 12.7. The van der Waals surface area contributed by atoms with E-state index < -0.39 is 0 Å². The lowest BCUT2D eigenvalue weighted by Gasteiger charge is -2.04. The van der Waals surface area contributed by atoms with Gasteiger partial charge in [-0.2, -0.15) is 0 Å². The van der Waals surface area contributed by atoms with Gasteiger partial charge in [-0.05, 0) is 17.9 Å². The maximum Gasteiger partial charge on any atom is 0.273 e. The normalized spacial score (nSPS) is 10.4. The Morgan fingerprint density at radius 2 is 2.06 bits per heavy atom. The smallest absolute Gasteiger partial charge is 0.273 e. The molecule has 0 aliphatic carbocycles. The molecule has 0 saturated carbocycles. The van der Waals surface area contributed by atoms with Crippen LogP contribution in [0.4, 0.5) is 5.69 Å². The Morgan fingerprint density at radius 1 is 1.22 bits per heavy atom. The van der Waals surface area contributed by atoms with Gasteiger partial charge in [-0.25, -0.2) is 0 Å². The summed E-state index contributed by atoms with van der Waals surface area (Å²) in [4.78, 5) is 11.8. The third-order valence-electron chi connectivity index (χ3n) is 2.63. The average Bonchev–Trinajstić information content (AvgIpc) is 2.88. The van der Waals surface area contributed by atoms with Crippen LogP contribution in [-0.4, -0.2) is 11.5 Å². The van der Waals surface area contributed by atoms with Crippen LogP contribution < -0.4 is 5.32 Å². The summed E-state index contributed by atoms with van der Waals surface area (Å²) < 4.78 is 0. The summed E-state index contributed by atoms with van der Waals surface area (Å²) in [5.74, 6) is 0. The summed E-state index contributed by atoms with van der Waals surface area (Å²) >= 11 is 1.73. The number of benzene rings is 1. The maximum absolute atomic E-state index is 10.8. The van der Waals surface area contributed by atoms with E-state index in [2.05, 4.69) is 16.8 Å². The third kappa shape index (κ3) is 3.38. The van der Waals surface area contributed by atoms with Crippen molar-refractivity contribution in [1.82, 2.24) is 5.32 Å². The molecule has 1 heterocycles. The fourth-order valence-electron chi connectivity index (χ4n) is 1.73. The van der Waals surface area contributed by atoms with Gasteiger partial charge in [0.1, 0.15) is 0 Å². The summed E-state index contributed by atoms with van der Waals surface area (Å²) in [5.41, 5.74) is 0.912. The van der Waals surface area contributed by atoms with Crippen molar-refractivity contribution in [1.29, 1.82) is 0 Å². The third-order valence-corrected chi connectivity index (χ3v) is 3.57. The SMILES string of the molecule is O=[N+]([O-])c1ccccc1CNCCc1cccs1. The Balaban J connectivity index is 1.85. The molecule has 94 valence electrons. The van der Waals surface area contributed by atoms with Crippen LogP contribution in [0.3, 0.4) is 0 Å². The van der Waals surface area contributed by atoms with Crippen LogP contribution in [0.25, 0.3) is 0 Å². The highest BCUT2D eigenvalue weighted by atomic mass is 32.1. The van der Waals surface area contributed by atoms with E-state index in [9.17, 15) is 10.1 Å². The van der Waals surface area contributed by atoms with E-state index in [1.165, 1.54) is 10.9 Å². The van der Waals surface area contributed by atoms with E-state index >= 15 is 0 Å². The lowest BCUT2D eigenvalue weighted by molar-refractivity contribution is -0.385. The largest absolute Gasteiger partial charge is 0.312 e. The van der Waals surface area contributed by atoms with Crippen molar-refractivity contribution in [2.24, 2.45) is 0 Å². The number of rotatable bonds is 6. The second-order valence-corrected chi connectivity index (χ2v) is 4.92. The Kier molecular flexibility index (Phi) is 4.44. The minimum Gasteiger partial charge on any atom is -0.312 e. The number of nitrogens with zero attached hydrogens (tertiary/aromatic N) is 1. The Bertz CT molecular complexity index is 511. The van der Waals surface area contributed by atoms with E-state index in [0.717, 1.165) is 18.5 Å². The van der Waals surface area contributed by atoms with Gasteiger partial charge in [-0.15, -0.1) is 11.3 Å². The highest BCUT2D eigenvalue weighted by Gasteiger charge is 2.11. The molecule has 1 aromatic heterocycles. The van der Waals surface area contributed by atoms with Gasteiger partial charge in [0.15, 0.2) is 0 Å². The number of hydrogen-bond acceptors (Lipinski definition) is 4. The van der Waals surface area contributed by atoms with E-state index in [4.69, 9.17) is 0 Å². The molecule has 1 aromatic carbocycles. The standard InChI is InChI=1S/C13H14N2O2S/c16-15(17)13-6-2-1-4-11(13)10-14-8-7-12-5-3-9-18-12/h1-6,9,14H,7-8,10H2. The van der Waals surface area contributed by atoms with Crippen LogP contribution in [0.5, 0.6) is 0 Å². The molecule has 0 unspecified atom stereocenters. The van der Waals surface area contributed by atoms with E-state index in [1.807, 2.05) is 12.1 Å². The zero-order valence-electron chi connectivity index (χ0n) is 9.83. The van der Waals surface area contributed by atoms with Gasteiger partial charge >= 0.3 is 0 Å². The van der Waals surface area contributed by atoms with Crippen LogP contribution in [0.2, 0.25) is 0 Å². The summed E-state index contributed by atoms with van der Waals surface area (Å²) in [5, 5.41) is 16.1. The monoisotopic (exact) mass is 262 g/mol. The van der Waals surface area contributed by atoms with Crippen LogP contribution in [-0.2, 0) is 13.0 Å². The minimum absolute atomic E-state index is 0.182. The summed E-state index contributed by atoms with van der Waals surface area (Å²) in [6.07, 6.45) is 0.957. The Hall–Kier alpha value is -1.72. The molecule has 0 atom stereocenters. The van der Waals surface area contributed by atoms with Crippen LogP contribution in [0.15, 0.2) is 41.8 Å². The van der Waals surface area contributed by atoms with E-state index in [-0.39, 0.29) is 10.6 Å². The number of thiophene rings is 1. The molecule has 0 amide bonds. The predicted octanol–water partition coefficient (Wildman–Crippen LogP) is 2.99. The lowest BCUT2D eigenvalue weighted by atomic mass is 10.2. The van der Waals surface area contributed by atoms with Crippen LogP contribution in [0.1, 0.15) is 10.4 Å². The van der Waals surface area contributed by atoms with Gasteiger partial charge in [0, 0.05) is 29.6 Å². The molecule has 0 bridgehead atoms. The summed E-state index contributed by atoms with van der Waals surface area (Å²) in [6.45, 7) is 1.36. The fraction of sp³-hybridized carbons (Fsp3) is 0.231. The van der Waals surface area contributed by atoms with Crippen molar-refractivity contribution in [3.05, 3.63) is 62.3 Å². The van der Waals surface area contributed by atoms with Gasteiger partial charge in [0.05, 0.1) is 4.92 Å². The van der Waals surface area contributed by atoms with Crippen molar-refractivity contribution in [3.8, 4) is 0 Å². The molecule has 4 nitrogen and oxygen atoms in total. The topological polar surface area (TPSA) is 55.2 Å². The van der Waals surface area contributed by atoms with Gasteiger partial charge in [0.25, 0.3) is 5.69 Å². The molecule has 18 heavy (non-hydrogen) atoms. The number of hydrogen-bond donors (Lipinski definition) is 1. The number of nitro benzene ring substituents is 1. The molecule has 0 aliphatic heterocycles. The molecule has 1 N–H and O–H groups in total. The highest BCUT2D eigenvalue weighted by Crippen LogP contribution is 2.17. The molecule has 0 aliphatic rings. The van der Waals surface area contributed by atoms with Crippen molar-refractivity contribution in [2.75, 3.05) is 6.54 Å². The molecule has 5 heteroatoms. The van der Waals surface area contributed by atoms with Crippen LogP contribution >= 0.6 is 11.3 Å². The second kappa shape index (κ2) is 6.28. The zero-order valence-corrected chi connectivity index (χ0v) is 10.7. The lowest BCUT2D eigenvalue weighted by Crippen LogP contribution is -2.17. The van der Waals surface area contributed by atoms with Crippen molar-refractivity contribution < 1.29 is 4.92 Å². The molecule has 2 aromatic rings. The fourth-order valence-corrected chi connectivity index (χ4v) is 2.44. The molecule has 0 saturated heterocycles. The van der Waals surface area contributed by atoms with Gasteiger partial charge < -0.3 is 5.32 Å². The molecule has 0 radical (unpaired) electrons. The van der Waals surface area contributed by atoms with Gasteiger partial charge in [-0.1, -0.05) is 24.3 Å². The number of nitrogens with one attached hydrogen (secondary N) is 1. The second-order valence-electron chi connectivity index (χ2n) is 3.89. The summed E-state index contributed by atoms with van der Waals surface area (Å²) in [6, 6.07) is 11.0. The average molecular weight is 262 g/mol. The Morgan fingerprint density at radius 3 is 2.78 bits per heavy atom. The van der Waals surface area contributed by atoms with Gasteiger partial charge in [0.2, 0.25) is 0 Å². The highest BCUT2D eigenvalue weighted by molar-refractivity contribution is 7.09. The number of nitro groups is 1. The minimum atomic E-state index is -0.337. The maximum atomic E-state index is 10.8. The van der Waals surface area contributed by atoms with Crippen molar-refractivity contribution in [2.45, 2.75) is 13.0 Å². The molecular formula is C13H14N2O2S. The first-order valence-electron chi connectivity index (χ1n) is 5.73. The van der Waals surface area contributed by atoms with E-state index in [1.54, 1.807) is 23.5 Å². The van der Waals surface area contributed by atoms with Crippen molar-refractivity contribution in [3.63, 3.8) is 0 Å². The zero-order chi connectivity index (χ0) is 12.8. The molecule has 0 fully saturated rings. The van der Waals surface area contributed by atoms with Gasteiger partial charge in [-0.3, -0.25) is 10.1 Å². The van der Waals surface area contributed by atoms with Crippen molar-refractivity contribution >= 4 is 17.0 Å². The van der Waals surface area contributed by atoms with E-state index in [0.29, 0.717) is 6.54 Å². The molecular weight excluding hydrogens is 248 g/mol.